The largest absolute Gasteiger partial charge is 0.370 e. The number of nitrogens with one attached hydrogen (secondary N) is 1. The van der Waals surface area contributed by atoms with Crippen LogP contribution in [0.25, 0.3) is 10.2 Å². The van der Waals surface area contributed by atoms with Gasteiger partial charge in [-0.3, -0.25) is 4.79 Å². The van der Waals surface area contributed by atoms with Crippen molar-refractivity contribution in [3.05, 3.63) is 16.2 Å². The number of amides is 1. The van der Waals surface area contributed by atoms with Gasteiger partial charge in [-0.25, -0.2) is 9.97 Å². The first-order chi connectivity index (χ1) is 9.60. The van der Waals surface area contributed by atoms with E-state index in [0.717, 1.165) is 16.6 Å². The van der Waals surface area contributed by atoms with E-state index < -0.39 is 5.91 Å². The highest BCUT2D eigenvalue weighted by molar-refractivity contribution is 7.18. The molecule has 0 aliphatic heterocycles. The van der Waals surface area contributed by atoms with Crippen LogP contribution in [0.5, 0.6) is 0 Å². The molecule has 1 amide bonds. The monoisotopic (exact) mass is 314 g/mol. The molecule has 20 heavy (non-hydrogen) atoms. The van der Waals surface area contributed by atoms with Crippen molar-refractivity contribution in [1.29, 1.82) is 0 Å². The lowest BCUT2D eigenvalue weighted by atomic mass is 10.3. The van der Waals surface area contributed by atoms with Crippen molar-refractivity contribution in [2.75, 3.05) is 25.1 Å². The Morgan fingerprint density at radius 1 is 1.55 bits per heavy atom. The number of anilines is 1. The summed E-state index contributed by atoms with van der Waals surface area (Å²) in [5.74, 6) is 0.196. The second-order valence-electron chi connectivity index (χ2n) is 4.07. The number of aromatic nitrogens is 2. The van der Waals surface area contributed by atoms with Crippen molar-refractivity contribution >= 4 is 44.9 Å². The summed E-state index contributed by atoms with van der Waals surface area (Å²) < 4.78 is 5.07. The topological polar surface area (TPSA) is 90.1 Å². The number of rotatable bonds is 7. The van der Waals surface area contributed by atoms with Crippen molar-refractivity contribution in [2.45, 2.75) is 13.3 Å². The number of thiophene rings is 1. The van der Waals surface area contributed by atoms with Gasteiger partial charge in [0.15, 0.2) is 0 Å². The SMILES string of the molecule is CCc1cc2c(NCCOCC(N)=O)nc(Cl)nc2s1. The number of hydrogen-bond donors (Lipinski definition) is 2. The second kappa shape index (κ2) is 6.83. The first kappa shape index (κ1) is 15.0. The molecule has 0 saturated carbocycles. The molecule has 0 fully saturated rings. The van der Waals surface area contributed by atoms with Gasteiger partial charge in [-0.05, 0) is 24.1 Å². The number of nitrogens with zero attached hydrogens (tertiary/aromatic N) is 2. The van der Waals surface area contributed by atoms with Crippen LogP contribution in [0.1, 0.15) is 11.8 Å². The molecule has 0 aromatic carbocycles. The Kier molecular flexibility index (Phi) is 5.11. The molecule has 0 unspecified atom stereocenters. The minimum absolute atomic E-state index is 0.0833. The van der Waals surface area contributed by atoms with E-state index >= 15 is 0 Å². The number of halogens is 1. The summed E-state index contributed by atoms with van der Waals surface area (Å²) in [6, 6.07) is 2.06. The number of primary amides is 1. The molecule has 0 bridgehead atoms. The van der Waals surface area contributed by atoms with E-state index in [1.54, 1.807) is 11.3 Å². The molecule has 2 aromatic heterocycles. The van der Waals surface area contributed by atoms with Gasteiger partial charge in [0.1, 0.15) is 17.3 Å². The van der Waals surface area contributed by atoms with E-state index in [1.807, 2.05) is 0 Å². The fraction of sp³-hybridized carbons (Fsp3) is 0.417. The van der Waals surface area contributed by atoms with E-state index in [0.29, 0.717) is 19.0 Å². The normalized spacial score (nSPS) is 10.9. The fourth-order valence-corrected chi connectivity index (χ4v) is 2.85. The lowest BCUT2D eigenvalue weighted by Gasteiger charge is -2.07. The molecule has 2 rings (SSSR count). The van der Waals surface area contributed by atoms with Crippen LogP contribution in [0.4, 0.5) is 5.82 Å². The predicted octanol–water partition coefficient (Wildman–Crippen LogP) is 1.82. The molecule has 2 aromatic rings. The number of carbonyl (C=O) groups excluding carboxylic acids is 1. The Morgan fingerprint density at radius 2 is 2.35 bits per heavy atom. The van der Waals surface area contributed by atoms with Crippen LogP contribution in [0.2, 0.25) is 5.28 Å². The van der Waals surface area contributed by atoms with Crippen molar-refractivity contribution in [3.63, 3.8) is 0 Å². The first-order valence-electron chi connectivity index (χ1n) is 6.16. The summed E-state index contributed by atoms with van der Waals surface area (Å²) in [5, 5.41) is 4.29. The fourth-order valence-electron chi connectivity index (χ4n) is 1.67. The molecule has 0 aliphatic carbocycles. The molecule has 108 valence electrons. The Balaban J connectivity index is 2.05. The summed E-state index contributed by atoms with van der Waals surface area (Å²) >= 11 is 7.52. The summed E-state index contributed by atoms with van der Waals surface area (Å²) in [7, 11) is 0. The number of nitrogens with two attached hydrogens (primary N) is 1. The smallest absolute Gasteiger partial charge is 0.243 e. The maximum absolute atomic E-state index is 10.5. The number of ether oxygens (including phenoxy) is 1. The number of aryl methyl sites for hydroxylation is 1. The highest BCUT2D eigenvalue weighted by Gasteiger charge is 2.10. The predicted molar refractivity (Wildman–Crippen MR) is 80.3 cm³/mol. The van der Waals surface area contributed by atoms with Gasteiger partial charge in [-0.1, -0.05) is 6.92 Å². The van der Waals surface area contributed by atoms with E-state index in [9.17, 15) is 4.79 Å². The Hall–Kier alpha value is -1.44. The summed E-state index contributed by atoms with van der Waals surface area (Å²) in [6.45, 7) is 2.87. The zero-order valence-corrected chi connectivity index (χ0v) is 12.6. The van der Waals surface area contributed by atoms with Gasteiger partial charge < -0.3 is 15.8 Å². The van der Waals surface area contributed by atoms with Gasteiger partial charge in [-0.2, -0.15) is 0 Å². The molecule has 0 atom stereocenters. The summed E-state index contributed by atoms with van der Waals surface area (Å²) in [5.41, 5.74) is 4.98. The molecule has 2 heterocycles. The molecule has 0 spiro atoms. The number of fused-ring (bicyclic) bond motifs is 1. The molecule has 8 heteroatoms. The van der Waals surface area contributed by atoms with Crippen molar-refractivity contribution in [3.8, 4) is 0 Å². The van der Waals surface area contributed by atoms with Crippen LogP contribution < -0.4 is 11.1 Å². The van der Waals surface area contributed by atoms with Gasteiger partial charge >= 0.3 is 0 Å². The molecule has 0 aliphatic rings. The zero-order chi connectivity index (χ0) is 14.5. The number of carbonyl (C=O) groups is 1. The molecular weight excluding hydrogens is 300 g/mol. The van der Waals surface area contributed by atoms with Crippen molar-refractivity contribution in [2.24, 2.45) is 5.73 Å². The summed E-state index contributed by atoms with van der Waals surface area (Å²) in [6.07, 6.45) is 0.944. The van der Waals surface area contributed by atoms with E-state index in [1.165, 1.54) is 4.88 Å². The molecular formula is C12H15ClN4O2S. The van der Waals surface area contributed by atoms with Crippen LogP contribution >= 0.6 is 22.9 Å². The highest BCUT2D eigenvalue weighted by Crippen LogP contribution is 2.30. The Morgan fingerprint density at radius 3 is 3.05 bits per heavy atom. The van der Waals surface area contributed by atoms with E-state index in [-0.39, 0.29) is 11.9 Å². The van der Waals surface area contributed by atoms with Gasteiger partial charge in [-0.15, -0.1) is 11.3 Å². The quantitative estimate of drug-likeness (QED) is 0.601. The van der Waals surface area contributed by atoms with E-state index in [4.69, 9.17) is 22.1 Å². The molecule has 0 saturated heterocycles. The third-order valence-corrected chi connectivity index (χ3v) is 3.89. The van der Waals surface area contributed by atoms with Crippen LogP contribution in [0.15, 0.2) is 6.07 Å². The highest BCUT2D eigenvalue weighted by atomic mass is 35.5. The molecule has 6 nitrogen and oxygen atoms in total. The minimum Gasteiger partial charge on any atom is -0.370 e. The molecule has 0 radical (unpaired) electrons. The van der Waals surface area contributed by atoms with Crippen molar-refractivity contribution in [1.82, 2.24) is 9.97 Å². The maximum Gasteiger partial charge on any atom is 0.243 e. The lowest BCUT2D eigenvalue weighted by Crippen LogP contribution is -2.20. The van der Waals surface area contributed by atoms with E-state index in [2.05, 4.69) is 28.3 Å². The third kappa shape index (κ3) is 3.78. The maximum atomic E-state index is 10.5. The van der Waals surface area contributed by atoms with Crippen LogP contribution in [0.3, 0.4) is 0 Å². The van der Waals surface area contributed by atoms with Gasteiger partial charge in [0.25, 0.3) is 0 Å². The standard InChI is InChI=1S/C12H15ClN4O2S/c1-2-7-5-8-10(15-3-4-19-6-9(14)18)16-12(13)17-11(8)20-7/h5H,2-4,6H2,1H3,(H2,14,18)(H,15,16,17). The van der Waals surface area contributed by atoms with Crippen molar-refractivity contribution < 1.29 is 9.53 Å². The zero-order valence-electron chi connectivity index (χ0n) is 11.0. The van der Waals surface area contributed by atoms with Crippen LogP contribution in [-0.2, 0) is 16.0 Å². The van der Waals surface area contributed by atoms with Crippen LogP contribution in [-0.4, -0.2) is 35.6 Å². The Labute approximate surface area is 125 Å². The van der Waals surface area contributed by atoms with Gasteiger partial charge in [0.2, 0.25) is 11.2 Å². The third-order valence-electron chi connectivity index (χ3n) is 2.55. The molecule has 3 N–H and O–H groups in total. The van der Waals surface area contributed by atoms with Crippen LogP contribution in [0, 0.1) is 0 Å². The van der Waals surface area contributed by atoms with Gasteiger partial charge in [0.05, 0.1) is 12.0 Å². The first-order valence-corrected chi connectivity index (χ1v) is 7.35. The average Bonchev–Trinajstić information content (AvgIpc) is 2.80. The summed E-state index contributed by atoms with van der Waals surface area (Å²) in [4.78, 5) is 21.0. The number of hydrogen-bond acceptors (Lipinski definition) is 6. The second-order valence-corrected chi connectivity index (χ2v) is 5.53. The van der Waals surface area contributed by atoms with Gasteiger partial charge in [0, 0.05) is 11.4 Å². The average molecular weight is 315 g/mol. The lowest BCUT2D eigenvalue weighted by molar-refractivity contribution is -0.122. The minimum atomic E-state index is -0.483. The Bertz CT molecular complexity index is 617.